The predicted molar refractivity (Wildman–Crippen MR) is 22.5 cm³/mol. The first-order valence-corrected chi connectivity index (χ1v) is 2.44. The van der Waals surface area contributed by atoms with Gasteiger partial charge in [-0.15, -0.1) is 0 Å². The van der Waals surface area contributed by atoms with E-state index in [1.165, 1.54) is 0 Å². The van der Waals surface area contributed by atoms with Crippen molar-refractivity contribution >= 4 is 10.3 Å². The molecule has 51 valence electrons. The van der Waals surface area contributed by atoms with E-state index >= 15 is 0 Å². The molecule has 0 unspecified atom stereocenters. The summed E-state index contributed by atoms with van der Waals surface area (Å²) in [6.45, 7) is 0. The molecule has 0 bridgehead atoms. The molecule has 0 atom stereocenters. The van der Waals surface area contributed by atoms with Crippen molar-refractivity contribution in [3.8, 4) is 0 Å². The Morgan fingerprint density at radius 3 is 1.38 bits per heavy atom. The standard InChI is InChI=1S/H3NO3S.NO.Ru/c1-5(2,3)4;1-2;/h(H3,1,2,3,4);;/q;-1;+1. The Labute approximate surface area is 58.9 Å². The van der Waals surface area contributed by atoms with Gasteiger partial charge in [0.2, 0.25) is 0 Å². The largest absolute Gasteiger partial charge is 1.00 e. The molecule has 0 aliphatic carbocycles. The number of rotatable bonds is 0. The quantitative estimate of drug-likeness (QED) is 0.411. The molecule has 0 spiro atoms. The number of nitrogens with zero attached hydrogens (tertiary/aromatic N) is 1. The second-order valence-corrected chi connectivity index (χ2v) is 1.54. The summed E-state index contributed by atoms with van der Waals surface area (Å²) in [5.41, 5.74) is 5.75. The maximum atomic E-state index is 8.97. The van der Waals surface area contributed by atoms with Crippen molar-refractivity contribution in [2.45, 2.75) is 0 Å². The molecule has 0 aromatic carbocycles. The van der Waals surface area contributed by atoms with Crippen LogP contribution in [0.5, 0.6) is 0 Å². The van der Waals surface area contributed by atoms with Crippen LogP contribution in [0.25, 0.3) is 5.59 Å². The molecule has 0 aromatic heterocycles. The van der Waals surface area contributed by atoms with Gasteiger partial charge in [0.25, 0.3) is 0 Å². The molecule has 6 nitrogen and oxygen atoms in total. The van der Waals surface area contributed by atoms with Crippen LogP contribution in [-0.2, 0) is 29.8 Å². The second kappa shape index (κ2) is 7.09. The van der Waals surface area contributed by atoms with E-state index in [4.69, 9.17) is 23.5 Å². The minimum absolute atomic E-state index is 0. The van der Waals surface area contributed by atoms with Crippen molar-refractivity contribution < 1.29 is 32.4 Å². The molecule has 0 saturated heterocycles. The fraction of sp³-hybridized carbons (Fsp3) is 0. The van der Waals surface area contributed by atoms with Crippen LogP contribution in [0.15, 0.2) is 0 Å². The summed E-state index contributed by atoms with van der Waals surface area (Å²) < 4.78 is 25.2. The Morgan fingerprint density at radius 2 is 1.38 bits per heavy atom. The SMILES string of the molecule is NS(=O)(=O)O.[N-]=O.[Ru+]. The fourth-order valence-corrected chi connectivity index (χ4v) is 0. The third-order valence-electron chi connectivity index (χ3n) is 0. The van der Waals surface area contributed by atoms with Crippen molar-refractivity contribution in [3.63, 3.8) is 0 Å². The first-order chi connectivity index (χ1) is 3.00. The average Bonchev–Trinajstić information content (AvgIpc) is 1.36. The van der Waals surface area contributed by atoms with Crippen molar-refractivity contribution in [2.75, 3.05) is 0 Å². The molecule has 8 heavy (non-hydrogen) atoms. The molecule has 0 aromatic rings. The Kier molecular flexibility index (Phi) is 13.9. The van der Waals surface area contributed by atoms with Gasteiger partial charge in [0.05, 0.1) is 0 Å². The van der Waals surface area contributed by atoms with Crippen molar-refractivity contribution in [3.05, 3.63) is 10.5 Å². The molecule has 0 aliphatic rings. The van der Waals surface area contributed by atoms with Crippen LogP contribution in [0.3, 0.4) is 0 Å². The van der Waals surface area contributed by atoms with Crippen LogP contribution in [0.4, 0.5) is 0 Å². The van der Waals surface area contributed by atoms with Gasteiger partial charge in [-0.3, -0.25) is 4.55 Å². The Hall–Kier alpha value is 0.0934. The first kappa shape index (κ1) is 15.7. The maximum absolute atomic E-state index is 8.97. The summed E-state index contributed by atoms with van der Waals surface area (Å²) in [5, 5.41) is 3.88. The number of hydrogen-bond acceptors (Lipinski definition) is 3. The average molecular weight is 228 g/mol. The Morgan fingerprint density at radius 1 is 1.38 bits per heavy atom. The summed E-state index contributed by atoms with van der Waals surface area (Å²) in [5.74, 6) is 0. The molecule has 0 rings (SSSR count). The zero-order chi connectivity index (χ0) is 6.50. The number of nitrogens with two attached hydrogens (primary N) is 1. The molecule has 0 saturated carbocycles. The molecule has 0 fully saturated rings. The first-order valence-electron chi connectivity index (χ1n) is 0.934. The van der Waals surface area contributed by atoms with Gasteiger partial charge in [-0.2, -0.15) is 8.42 Å². The van der Waals surface area contributed by atoms with Crippen LogP contribution in [0.1, 0.15) is 0 Å². The summed E-state index contributed by atoms with van der Waals surface area (Å²) in [7, 11) is -4.17. The molecule has 0 heterocycles. The van der Waals surface area contributed by atoms with E-state index in [1.54, 1.807) is 0 Å². The summed E-state index contributed by atoms with van der Waals surface area (Å²) in [6, 6.07) is 0. The second-order valence-electron chi connectivity index (χ2n) is 0.515. The van der Waals surface area contributed by atoms with Crippen LogP contribution in [-0.4, -0.2) is 13.0 Å². The number of nitroso groups, excluding NO2 is 1. The van der Waals surface area contributed by atoms with Crippen LogP contribution >= 0.6 is 0 Å². The monoisotopic (exact) mass is 229 g/mol. The molecule has 3 N–H and O–H groups in total. The zero-order valence-corrected chi connectivity index (χ0v) is 6.01. The molecule has 1 radical (unpaired) electrons. The minimum atomic E-state index is -4.17. The van der Waals surface area contributed by atoms with Gasteiger partial charge < -0.3 is 10.5 Å². The van der Waals surface area contributed by atoms with E-state index in [0.717, 1.165) is 0 Å². The van der Waals surface area contributed by atoms with E-state index in [2.05, 4.69) is 5.14 Å². The van der Waals surface area contributed by atoms with E-state index in [1.807, 2.05) is 0 Å². The van der Waals surface area contributed by atoms with Crippen LogP contribution in [0.2, 0.25) is 0 Å². The topological polar surface area (TPSA) is 120 Å². The summed E-state index contributed by atoms with van der Waals surface area (Å²) in [4.78, 5) is 7.25. The fourth-order valence-electron chi connectivity index (χ4n) is 0. The summed E-state index contributed by atoms with van der Waals surface area (Å²) >= 11 is 0. The Bertz CT molecular complexity index is 108. The van der Waals surface area contributed by atoms with Crippen molar-refractivity contribution in [1.82, 2.24) is 0 Å². The van der Waals surface area contributed by atoms with Crippen molar-refractivity contribution in [2.24, 2.45) is 5.14 Å². The molecular weight excluding hydrogens is 225 g/mol. The molecule has 0 aliphatic heterocycles. The van der Waals surface area contributed by atoms with Gasteiger partial charge in [0, 0.05) is 0 Å². The molecule has 0 amide bonds. The normalized spacial score (nSPS) is 7.75. The van der Waals surface area contributed by atoms with Gasteiger partial charge in [0.1, 0.15) is 0 Å². The summed E-state index contributed by atoms with van der Waals surface area (Å²) in [6.07, 6.45) is 0. The van der Waals surface area contributed by atoms with Gasteiger partial charge in [-0.25, -0.2) is 5.14 Å². The van der Waals surface area contributed by atoms with Gasteiger partial charge in [-0.05, 0) is 0 Å². The Balaban J connectivity index is -0.0000000750. The third kappa shape index (κ3) is 18100. The smallest absolute Gasteiger partial charge is 0.577 e. The molecular formula is H3N2O4RuS. The van der Waals surface area contributed by atoms with E-state index in [0.29, 0.717) is 0 Å². The number of hydrogen-bond donors (Lipinski definition) is 2. The third-order valence-corrected chi connectivity index (χ3v) is 0. The molecule has 8 heteroatoms. The van der Waals surface area contributed by atoms with Crippen molar-refractivity contribution in [1.29, 1.82) is 0 Å². The maximum Gasteiger partial charge on any atom is 1.00 e. The van der Waals surface area contributed by atoms with Crippen LogP contribution < -0.4 is 5.14 Å². The predicted octanol–water partition coefficient (Wildman–Crippen LogP) is -0.932. The van der Waals surface area contributed by atoms with Crippen LogP contribution in [0, 0.1) is 4.91 Å². The van der Waals surface area contributed by atoms with E-state index < -0.39 is 10.3 Å². The van der Waals surface area contributed by atoms with Gasteiger partial charge >= 0.3 is 29.8 Å². The minimum Gasteiger partial charge on any atom is -0.577 e. The van der Waals surface area contributed by atoms with Gasteiger partial charge in [0.15, 0.2) is 0 Å². The van der Waals surface area contributed by atoms with Gasteiger partial charge in [-0.1, -0.05) is 0 Å². The zero-order valence-electron chi connectivity index (χ0n) is 3.46. The van der Waals surface area contributed by atoms with E-state index in [9.17, 15) is 0 Å². The van der Waals surface area contributed by atoms with E-state index in [-0.39, 0.29) is 19.5 Å².